The molecule has 3 nitrogen and oxygen atoms in total. The number of nitrogen functional groups attached to an aromatic ring is 1. The van der Waals surface area contributed by atoms with Crippen LogP contribution < -0.4 is 10.5 Å². The van der Waals surface area contributed by atoms with Crippen molar-refractivity contribution in [3.8, 4) is 5.88 Å². The van der Waals surface area contributed by atoms with E-state index >= 15 is 0 Å². The minimum Gasteiger partial charge on any atom is -0.474 e. The van der Waals surface area contributed by atoms with Crippen LogP contribution in [0.4, 0.5) is 5.69 Å². The standard InChI is InChI=1S/C8H9BrN2O/c9-7-3-5(10)4-11-8(7)12-6-1-2-6/h3-4,6H,1-2,10H2. The van der Waals surface area contributed by atoms with Crippen LogP contribution >= 0.6 is 15.9 Å². The Hall–Kier alpha value is -0.770. The smallest absolute Gasteiger partial charge is 0.228 e. The van der Waals surface area contributed by atoms with Crippen LogP contribution in [-0.4, -0.2) is 11.1 Å². The highest BCUT2D eigenvalue weighted by Gasteiger charge is 2.24. The Kier molecular flexibility index (Phi) is 1.92. The molecule has 12 heavy (non-hydrogen) atoms. The van der Waals surface area contributed by atoms with Gasteiger partial charge in [-0.3, -0.25) is 0 Å². The van der Waals surface area contributed by atoms with Gasteiger partial charge in [0.25, 0.3) is 0 Å². The van der Waals surface area contributed by atoms with Crippen LogP contribution in [0.2, 0.25) is 0 Å². The van der Waals surface area contributed by atoms with Crippen molar-refractivity contribution in [2.24, 2.45) is 0 Å². The summed E-state index contributed by atoms with van der Waals surface area (Å²) in [4.78, 5) is 4.06. The molecule has 0 aliphatic heterocycles. The summed E-state index contributed by atoms with van der Waals surface area (Å²) < 4.78 is 6.33. The largest absolute Gasteiger partial charge is 0.474 e. The van der Waals surface area contributed by atoms with E-state index in [2.05, 4.69) is 20.9 Å². The molecule has 1 saturated carbocycles. The summed E-state index contributed by atoms with van der Waals surface area (Å²) in [7, 11) is 0. The molecule has 0 bridgehead atoms. The lowest BCUT2D eigenvalue weighted by Crippen LogP contribution is -1.99. The molecule has 64 valence electrons. The van der Waals surface area contributed by atoms with Crippen molar-refractivity contribution < 1.29 is 4.74 Å². The molecule has 0 unspecified atom stereocenters. The zero-order valence-electron chi connectivity index (χ0n) is 6.46. The highest BCUT2D eigenvalue weighted by Crippen LogP contribution is 2.30. The maximum atomic E-state index is 5.53. The summed E-state index contributed by atoms with van der Waals surface area (Å²) >= 11 is 3.34. The summed E-state index contributed by atoms with van der Waals surface area (Å²) in [6, 6.07) is 1.80. The third-order valence-corrected chi connectivity index (χ3v) is 2.20. The first-order chi connectivity index (χ1) is 5.75. The van der Waals surface area contributed by atoms with Gasteiger partial charge in [0, 0.05) is 0 Å². The van der Waals surface area contributed by atoms with Gasteiger partial charge in [0.1, 0.15) is 6.10 Å². The zero-order chi connectivity index (χ0) is 8.55. The van der Waals surface area contributed by atoms with Crippen molar-refractivity contribution in [3.63, 3.8) is 0 Å². The van der Waals surface area contributed by atoms with Gasteiger partial charge in [-0.15, -0.1) is 0 Å². The van der Waals surface area contributed by atoms with E-state index in [4.69, 9.17) is 10.5 Å². The van der Waals surface area contributed by atoms with Gasteiger partial charge in [-0.25, -0.2) is 4.98 Å². The fourth-order valence-corrected chi connectivity index (χ4v) is 1.33. The molecule has 0 radical (unpaired) electrons. The Labute approximate surface area is 79.1 Å². The molecule has 2 N–H and O–H groups in total. The van der Waals surface area contributed by atoms with E-state index in [1.54, 1.807) is 12.3 Å². The lowest BCUT2D eigenvalue weighted by Gasteiger charge is -2.04. The molecule has 1 aromatic rings. The van der Waals surface area contributed by atoms with E-state index in [0.29, 0.717) is 17.7 Å². The van der Waals surface area contributed by atoms with Crippen molar-refractivity contribution in [2.45, 2.75) is 18.9 Å². The summed E-state index contributed by atoms with van der Waals surface area (Å²) in [6.45, 7) is 0. The van der Waals surface area contributed by atoms with Crippen molar-refractivity contribution in [1.82, 2.24) is 4.98 Å². The topological polar surface area (TPSA) is 48.1 Å². The van der Waals surface area contributed by atoms with Gasteiger partial charge in [-0.05, 0) is 34.8 Å². The van der Waals surface area contributed by atoms with E-state index in [9.17, 15) is 0 Å². The van der Waals surface area contributed by atoms with E-state index in [1.165, 1.54) is 0 Å². The molecule has 0 amide bonds. The Morgan fingerprint density at radius 2 is 2.33 bits per heavy atom. The molecule has 0 aromatic carbocycles. The van der Waals surface area contributed by atoms with Crippen LogP contribution in [0.5, 0.6) is 5.88 Å². The van der Waals surface area contributed by atoms with Gasteiger partial charge in [-0.2, -0.15) is 0 Å². The van der Waals surface area contributed by atoms with Gasteiger partial charge in [-0.1, -0.05) is 0 Å². The van der Waals surface area contributed by atoms with Crippen molar-refractivity contribution in [1.29, 1.82) is 0 Å². The summed E-state index contributed by atoms with van der Waals surface area (Å²) in [5.74, 6) is 0.645. The monoisotopic (exact) mass is 228 g/mol. The van der Waals surface area contributed by atoms with E-state index in [0.717, 1.165) is 17.3 Å². The molecule has 1 heterocycles. The minimum atomic E-state index is 0.373. The van der Waals surface area contributed by atoms with Crippen molar-refractivity contribution >= 4 is 21.6 Å². The lowest BCUT2D eigenvalue weighted by molar-refractivity contribution is 0.289. The maximum Gasteiger partial charge on any atom is 0.228 e. The quantitative estimate of drug-likeness (QED) is 0.843. The predicted octanol–water partition coefficient (Wildman–Crippen LogP) is 1.97. The Balaban J connectivity index is 2.18. The predicted molar refractivity (Wildman–Crippen MR) is 50.0 cm³/mol. The molecule has 4 heteroatoms. The molecule has 1 aliphatic carbocycles. The minimum absolute atomic E-state index is 0.373. The highest BCUT2D eigenvalue weighted by molar-refractivity contribution is 9.10. The van der Waals surface area contributed by atoms with Gasteiger partial charge in [0.05, 0.1) is 16.4 Å². The third kappa shape index (κ3) is 1.69. The Bertz CT molecular complexity index is 299. The number of hydrogen-bond acceptors (Lipinski definition) is 3. The van der Waals surface area contributed by atoms with Crippen LogP contribution in [0, 0.1) is 0 Å². The van der Waals surface area contributed by atoms with E-state index < -0.39 is 0 Å². The van der Waals surface area contributed by atoms with Crippen LogP contribution in [0.1, 0.15) is 12.8 Å². The molecule has 1 aliphatic rings. The van der Waals surface area contributed by atoms with Gasteiger partial charge >= 0.3 is 0 Å². The highest BCUT2D eigenvalue weighted by atomic mass is 79.9. The van der Waals surface area contributed by atoms with Gasteiger partial charge in [0.15, 0.2) is 0 Å². The number of nitrogens with zero attached hydrogens (tertiary/aromatic N) is 1. The fourth-order valence-electron chi connectivity index (χ4n) is 0.871. The van der Waals surface area contributed by atoms with Gasteiger partial charge < -0.3 is 10.5 Å². The average Bonchev–Trinajstić information content (AvgIpc) is 2.79. The van der Waals surface area contributed by atoms with Crippen molar-refractivity contribution in [2.75, 3.05) is 5.73 Å². The van der Waals surface area contributed by atoms with Crippen LogP contribution in [0.15, 0.2) is 16.7 Å². The first kappa shape index (κ1) is 7.86. The number of rotatable bonds is 2. The fraction of sp³-hybridized carbons (Fsp3) is 0.375. The first-order valence-corrected chi connectivity index (χ1v) is 4.62. The SMILES string of the molecule is Nc1cnc(OC2CC2)c(Br)c1. The summed E-state index contributed by atoms with van der Waals surface area (Å²) in [5.41, 5.74) is 6.17. The molecule has 1 fully saturated rings. The maximum absolute atomic E-state index is 5.53. The molecular formula is C8H9BrN2O. The summed E-state index contributed by atoms with van der Waals surface area (Å²) in [5, 5.41) is 0. The molecule has 2 rings (SSSR count). The normalized spacial score (nSPS) is 16.1. The summed E-state index contributed by atoms with van der Waals surface area (Å²) in [6.07, 6.45) is 4.25. The second-order valence-electron chi connectivity index (χ2n) is 2.87. The van der Waals surface area contributed by atoms with E-state index in [1.807, 2.05) is 0 Å². The molecule has 0 atom stereocenters. The molecular weight excluding hydrogens is 220 g/mol. The Morgan fingerprint density at radius 1 is 1.58 bits per heavy atom. The number of aromatic nitrogens is 1. The number of anilines is 1. The van der Waals surface area contributed by atoms with Gasteiger partial charge in [0.2, 0.25) is 5.88 Å². The average molecular weight is 229 g/mol. The van der Waals surface area contributed by atoms with Crippen LogP contribution in [0.25, 0.3) is 0 Å². The second-order valence-corrected chi connectivity index (χ2v) is 3.73. The number of nitrogens with two attached hydrogens (primary N) is 1. The Morgan fingerprint density at radius 3 is 2.92 bits per heavy atom. The first-order valence-electron chi connectivity index (χ1n) is 3.83. The zero-order valence-corrected chi connectivity index (χ0v) is 8.04. The number of pyridine rings is 1. The number of halogens is 1. The van der Waals surface area contributed by atoms with Crippen LogP contribution in [0.3, 0.4) is 0 Å². The third-order valence-electron chi connectivity index (χ3n) is 1.63. The lowest BCUT2D eigenvalue weighted by atomic mass is 10.4. The molecule has 0 saturated heterocycles. The second kappa shape index (κ2) is 2.94. The number of hydrogen-bond donors (Lipinski definition) is 1. The van der Waals surface area contributed by atoms with Crippen LogP contribution in [-0.2, 0) is 0 Å². The van der Waals surface area contributed by atoms with E-state index in [-0.39, 0.29) is 0 Å². The molecule has 1 aromatic heterocycles. The number of ether oxygens (including phenoxy) is 1. The molecule has 0 spiro atoms. The van der Waals surface area contributed by atoms with Crippen molar-refractivity contribution in [3.05, 3.63) is 16.7 Å².